The smallest absolute Gasteiger partial charge is 0.337 e. The number of nitrogens with zero attached hydrogens (tertiary/aromatic N) is 3. The molecule has 0 aromatic carbocycles. The summed E-state index contributed by atoms with van der Waals surface area (Å²) in [5.41, 5.74) is 3.20. The lowest BCUT2D eigenvalue weighted by Crippen LogP contribution is -2.39. The van der Waals surface area contributed by atoms with Crippen molar-refractivity contribution in [3.8, 4) is 17.0 Å². The number of aliphatic carboxylic acids is 1. The lowest BCUT2D eigenvalue weighted by atomic mass is 9.82. The number of carboxylic acids is 1. The highest BCUT2D eigenvalue weighted by Gasteiger charge is 2.36. The van der Waals surface area contributed by atoms with Crippen LogP contribution in [0.25, 0.3) is 11.3 Å². The van der Waals surface area contributed by atoms with E-state index in [1.807, 2.05) is 46.8 Å². The fraction of sp³-hybridized carbons (Fsp3) is 0.621. The number of hydrogen-bond acceptors (Lipinski definition) is 7. The Bertz CT molecular complexity index is 1040. The third-order valence-electron chi connectivity index (χ3n) is 6.60. The van der Waals surface area contributed by atoms with E-state index in [0.29, 0.717) is 36.8 Å². The molecule has 0 saturated carbocycles. The van der Waals surface area contributed by atoms with Crippen molar-refractivity contribution in [2.75, 3.05) is 37.8 Å². The zero-order valence-corrected chi connectivity index (χ0v) is 23.5. The molecule has 1 fully saturated rings. The van der Waals surface area contributed by atoms with Gasteiger partial charge in [-0.05, 0) is 65.0 Å². The Morgan fingerprint density at radius 3 is 2.41 bits per heavy atom. The van der Waals surface area contributed by atoms with Gasteiger partial charge in [0, 0.05) is 55.7 Å². The number of carboxylic acid groups (broad SMARTS) is 1. The Labute approximate surface area is 221 Å². The molecule has 1 N–H and O–H groups in total. The molecule has 1 saturated heterocycles. The number of pyridine rings is 2. The number of carbonyl (C=O) groups is 1. The molecule has 0 amide bonds. The second-order valence-electron chi connectivity index (χ2n) is 11.4. The molecule has 8 nitrogen and oxygen atoms in total. The van der Waals surface area contributed by atoms with Crippen LogP contribution in [-0.2, 0) is 14.3 Å². The standard InChI is InChI=1S/C29H43N3O5/c1-8-35-16-9-17-36-21-10-11-23(31-18-21)22-19-30-20(2)24(26(27(33)34)37-28(3,4)5)25(22)32-14-12-29(6,7)13-15-32/h10-11,18-19,26H,8-9,12-17H2,1-7H3,(H,33,34)/t26-/m0/s1. The number of piperidine rings is 1. The van der Waals surface area contributed by atoms with Crippen molar-refractivity contribution in [2.45, 2.75) is 79.4 Å². The van der Waals surface area contributed by atoms with Crippen LogP contribution in [-0.4, -0.2) is 59.6 Å². The number of rotatable bonds is 11. The largest absolute Gasteiger partial charge is 0.492 e. The van der Waals surface area contributed by atoms with E-state index in [9.17, 15) is 9.90 Å². The van der Waals surface area contributed by atoms with Gasteiger partial charge in [-0.2, -0.15) is 0 Å². The van der Waals surface area contributed by atoms with E-state index in [2.05, 4.69) is 28.7 Å². The third-order valence-corrected chi connectivity index (χ3v) is 6.60. The van der Waals surface area contributed by atoms with E-state index in [1.54, 1.807) is 12.4 Å². The second-order valence-corrected chi connectivity index (χ2v) is 11.4. The van der Waals surface area contributed by atoms with Gasteiger partial charge in [0.15, 0.2) is 6.10 Å². The summed E-state index contributed by atoms with van der Waals surface area (Å²) in [6.07, 6.45) is 5.18. The summed E-state index contributed by atoms with van der Waals surface area (Å²) in [7, 11) is 0. The molecule has 204 valence electrons. The van der Waals surface area contributed by atoms with E-state index in [1.165, 1.54) is 0 Å². The molecule has 1 atom stereocenters. The topological polar surface area (TPSA) is 94.0 Å². The molecule has 3 heterocycles. The number of aromatic nitrogens is 2. The summed E-state index contributed by atoms with van der Waals surface area (Å²) in [6, 6.07) is 3.80. The Balaban J connectivity index is 2.02. The van der Waals surface area contributed by atoms with Gasteiger partial charge in [0.1, 0.15) is 5.75 Å². The van der Waals surface area contributed by atoms with Gasteiger partial charge in [-0.25, -0.2) is 4.79 Å². The number of ether oxygens (including phenoxy) is 3. The molecular formula is C29H43N3O5. The van der Waals surface area contributed by atoms with Crippen LogP contribution in [0.1, 0.15) is 78.2 Å². The summed E-state index contributed by atoms with van der Waals surface area (Å²) in [5, 5.41) is 10.2. The molecule has 0 unspecified atom stereocenters. The summed E-state index contributed by atoms with van der Waals surface area (Å²) < 4.78 is 17.3. The minimum absolute atomic E-state index is 0.242. The van der Waals surface area contributed by atoms with Crippen molar-refractivity contribution < 1.29 is 24.1 Å². The first kappa shape index (κ1) is 28.9. The summed E-state index contributed by atoms with van der Waals surface area (Å²) in [5.74, 6) is -0.347. The van der Waals surface area contributed by atoms with Gasteiger partial charge >= 0.3 is 5.97 Å². The molecular weight excluding hydrogens is 470 g/mol. The molecule has 8 heteroatoms. The highest BCUT2D eigenvalue weighted by Crippen LogP contribution is 2.43. The average molecular weight is 514 g/mol. The maximum Gasteiger partial charge on any atom is 0.337 e. The first-order chi connectivity index (χ1) is 17.4. The molecule has 3 rings (SSSR count). The average Bonchev–Trinajstić information content (AvgIpc) is 2.82. The van der Waals surface area contributed by atoms with Crippen LogP contribution < -0.4 is 9.64 Å². The fourth-order valence-corrected chi connectivity index (χ4v) is 4.49. The van der Waals surface area contributed by atoms with Crippen LogP contribution in [0, 0.1) is 12.3 Å². The van der Waals surface area contributed by atoms with E-state index in [-0.39, 0.29) is 5.41 Å². The van der Waals surface area contributed by atoms with Crippen LogP contribution in [0.4, 0.5) is 5.69 Å². The molecule has 1 aliphatic rings. The normalized spacial score (nSPS) is 16.5. The van der Waals surface area contributed by atoms with Gasteiger partial charge < -0.3 is 24.2 Å². The van der Waals surface area contributed by atoms with E-state index >= 15 is 0 Å². The molecule has 0 aliphatic carbocycles. The first-order valence-electron chi connectivity index (χ1n) is 13.2. The molecule has 0 bridgehead atoms. The Hall–Kier alpha value is -2.71. The van der Waals surface area contributed by atoms with Gasteiger partial charge in [-0.3, -0.25) is 9.97 Å². The maximum absolute atomic E-state index is 12.5. The lowest BCUT2D eigenvalue weighted by molar-refractivity contribution is -0.160. The highest BCUT2D eigenvalue weighted by molar-refractivity contribution is 5.85. The highest BCUT2D eigenvalue weighted by atomic mass is 16.5. The van der Waals surface area contributed by atoms with Crippen LogP contribution >= 0.6 is 0 Å². The maximum atomic E-state index is 12.5. The summed E-state index contributed by atoms with van der Waals surface area (Å²) >= 11 is 0. The Morgan fingerprint density at radius 2 is 1.84 bits per heavy atom. The van der Waals surface area contributed by atoms with E-state index in [0.717, 1.165) is 49.3 Å². The molecule has 0 spiro atoms. The zero-order valence-electron chi connectivity index (χ0n) is 23.5. The third kappa shape index (κ3) is 7.89. The monoisotopic (exact) mass is 513 g/mol. The van der Waals surface area contributed by atoms with Crippen molar-refractivity contribution in [3.63, 3.8) is 0 Å². The van der Waals surface area contributed by atoms with Crippen molar-refractivity contribution in [3.05, 3.63) is 35.8 Å². The van der Waals surface area contributed by atoms with Crippen molar-refractivity contribution in [1.82, 2.24) is 9.97 Å². The molecule has 2 aromatic rings. The van der Waals surface area contributed by atoms with Gasteiger partial charge in [0.25, 0.3) is 0 Å². The minimum atomic E-state index is -1.15. The van der Waals surface area contributed by atoms with Crippen molar-refractivity contribution >= 4 is 11.7 Å². The molecule has 0 radical (unpaired) electrons. The summed E-state index contributed by atoms with van der Waals surface area (Å²) in [6.45, 7) is 17.5. The van der Waals surface area contributed by atoms with E-state index < -0.39 is 17.7 Å². The number of anilines is 1. The van der Waals surface area contributed by atoms with Crippen molar-refractivity contribution in [1.29, 1.82) is 0 Å². The lowest BCUT2D eigenvalue weighted by Gasteiger charge is -2.40. The van der Waals surface area contributed by atoms with Crippen LogP contribution in [0.2, 0.25) is 0 Å². The van der Waals surface area contributed by atoms with Crippen LogP contribution in [0.3, 0.4) is 0 Å². The number of hydrogen-bond donors (Lipinski definition) is 1. The molecule has 2 aromatic heterocycles. The predicted molar refractivity (Wildman–Crippen MR) is 145 cm³/mol. The quantitative estimate of drug-likeness (QED) is 0.375. The Morgan fingerprint density at radius 1 is 1.14 bits per heavy atom. The Kier molecular flexibility index (Phi) is 9.53. The van der Waals surface area contributed by atoms with Crippen molar-refractivity contribution in [2.24, 2.45) is 5.41 Å². The zero-order chi connectivity index (χ0) is 27.2. The van der Waals surface area contributed by atoms with Gasteiger partial charge in [-0.1, -0.05) is 13.8 Å². The summed E-state index contributed by atoms with van der Waals surface area (Å²) in [4.78, 5) is 24.1. The van der Waals surface area contributed by atoms with Gasteiger partial charge in [0.2, 0.25) is 0 Å². The van der Waals surface area contributed by atoms with E-state index in [4.69, 9.17) is 14.2 Å². The minimum Gasteiger partial charge on any atom is -0.492 e. The van der Waals surface area contributed by atoms with Crippen LogP contribution in [0.15, 0.2) is 24.5 Å². The fourth-order valence-electron chi connectivity index (χ4n) is 4.49. The van der Waals surface area contributed by atoms with Gasteiger partial charge in [0.05, 0.1) is 29.8 Å². The number of aryl methyl sites for hydroxylation is 1. The first-order valence-corrected chi connectivity index (χ1v) is 13.2. The van der Waals surface area contributed by atoms with Gasteiger partial charge in [-0.15, -0.1) is 0 Å². The van der Waals surface area contributed by atoms with Crippen LogP contribution in [0.5, 0.6) is 5.75 Å². The molecule has 37 heavy (non-hydrogen) atoms. The molecule has 1 aliphatic heterocycles. The predicted octanol–water partition coefficient (Wildman–Crippen LogP) is 5.82. The SMILES string of the molecule is CCOCCCOc1ccc(-c2cnc(C)c([C@H](OC(C)(C)C)C(=O)O)c2N2CCC(C)(C)CC2)nc1. The second kappa shape index (κ2) is 12.2.